The molecule has 1 aliphatic rings. The van der Waals surface area contributed by atoms with Crippen molar-refractivity contribution in [2.75, 3.05) is 0 Å². The molecule has 2 aromatic rings. The third kappa shape index (κ3) is 2.05. The van der Waals surface area contributed by atoms with E-state index in [0.29, 0.717) is 5.58 Å². The first-order valence-corrected chi connectivity index (χ1v) is 6.58. The second-order valence-corrected chi connectivity index (χ2v) is 4.86. The highest BCUT2D eigenvalue weighted by Crippen LogP contribution is 2.35. The summed E-state index contributed by atoms with van der Waals surface area (Å²) in [6.45, 7) is 4.02. The number of benzene rings is 1. The van der Waals surface area contributed by atoms with Crippen LogP contribution < -0.4 is 10.4 Å². The van der Waals surface area contributed by atoms with Gasteiger partial charge in [-0.3, -0.25) is 0 Å². The summed E-state index contributed by atoms with van der Waals surface area (Å²) < 4.78 is 11.2. The minimum absolute atomic E-state index is 0.0476. The summed E-state index contributed by atoms with van der Waals surface area (Å²) in [4.78, 5) is 11.5. The van der Waals surface area contributed by atoms with Gasteiger partial charge in [0, 0.05) is 23.4 Å². The molecule has 0 radical (unpaired) electrons. The standard InChI is InChI=1S/C16H16O3/c1-3-4-5-11-9-13-14(18-11)7-6-12-10(2)8-15(17)19-16(12)13/h4-8,11H,3,9H2,1-2H3/b5-4+. The highest BCUT2D eigenvalue weighted by Gasteiger charge is 2.24. The van der Waals surface area contributed by atoms with Gasteiger partial charge in [0.05, 0.1) is 0 Å². The average Bonchev–Trinajstić information content (AvgIpc) is 2.79. The molecule has 0 spiro atoms. The van der Waals surface area contributed by atoms with Gasteiger partial charge < -0.3 is 9.15 Å². The molecule has 3 rings (SSSR count). The van der Waals surface area contributed by atoms with Gasteiger partial charge in [0.2, 0.25) is 0 Å². The molecule has 0 saturated heterocycles. The fraction of sp³-hybridized carbons (Fsp3) is 0.312. The van der Waals surface area contributed by atoms with E-state index in [0.717, 1.165) is 35.1 Å². The first kappa shape index (κ1) is 12.0. The van der Waals surface area contributed by atoms with Crippen molar-refractivity contribution < 1.29 is 9.15 Å². The van der Waals surface area contributed by atoms with Gasteiger partial charge in [-0.25, -0.2) is 4.79 Å². The molecular weight excluding hydrogens is 240 g/mol. The first-order chi connectivity index (χ1) is 9.19. The minimum atomic E-state index is -0.300. The number of hydrogen-bond acceptors (Lipinski definition) is 3. The molecule has 98 valence electrons. The van der Waals surface area contributed by atoms with Crippen molar-refractivity contribution in [3.05, 3.63) is 51.9 Å². The molecule has 1 unspecified atom stereocenters. The van der Waals surface area contributed by atoms with Gasteiger partial charge in [0.1, 0.15) is 17.4 Å². The largest absolute Gasteiger partial charge is 0.486 e. The predicted molar refractivity (Wildman–Crippen MR) is 74.8 cm³/mol. The monoisotopic (exact) mass is 256 g/mol. The van der Waals surface area contributed by atoms with Gasteiger partial charge in [-0.05, 0) is 37.1 Å². The van der Waals surface area contributed by atoms with E-state index in [2.05, 4.69) is 19.1 Å². The van der Waals surface area contributed by atoms with Crippen LogP contribution in [-0.4, -0.2) is 6.10 Å². The molecule has 0 amide bonds. The Morgan fingerprint density at radius 2 is 2.26 bits per heavy atom. The summed E-state index contributed by atoms with van der Waals surface area (Å²) in [5.41, 5.74) is 2.33. The fourth-order valence-electron chi connectivity index (χ4n) is 2.53. The zero-order valence-corrected chi connectivity index (χ0v) is 11.1. The van der Waals surface area contributed by atoms with Gasteiger partial charge in [0.25, 0.3) is 0 Å². The van der Waals surface area contributed by atoms with Crippen molar-refractivity contribution in [3.8, 4) is 5.75 Å². The lowest BCUT2D eigenvalue weighted by molar-refractivity contribution is 0.283. The zero-order valence-electron chi connectivity index (χ0n) is 11.1. The second kappa shape index (κ2) is 4.57. The normalized spacial score (nSPS) is 17.9. The molecule has 3 heteroatoms. The molecule has 0 aliphatic carbocycles. The lowest BCUT2D eigenvalue weighted by Crippen LogP contribution is -2.08. The Morgan fingerprint density at radius 3 is 3.05 bits per heavy atom. The summed E-state index contributed by atoms with van der Waals surface area (Å²) in [7, 11) is 0. The van der Waals surface area contributed by atoms with Gasteiger partial charge in [-0.15, -0.1) is 0 Å². The molecule has 0 N–H and O–H groups in total. The molecule has 1 aromatic carbocycles. The van der Waals surface area contributed by atoms with E-state index in [1.807, 2.05) is 19.1 Å². The molecule has 2 heterocycles. The third-order valence-electron chi connectivity index (χ3n) is 3.45. The van der Waals surface area contributed by atoms with Crippen LogP contribution in [-0.2, 0) is 6.42 Å². The van der Waals surface area contributed by atoms with Crippen LogP contribution in [0.3, 0.4) is 0 Å². The average molecular weight is 256 g/mol. The molecule has 19 heavy (non-hydrogen) atoms. The fourth-order valence-corrected chi connectivity index (χ4v) is 2.53. The SMILES string of the molecule is CC/C=C/C1Cc2c(ccc3c(C)cc(=O)oc23)O1. The zero-order chi connectivity index (χ0) is 13.4. The van der Waals surface area contributed by atoms with Crippen LogP contribution in [0, 0.1) is 6.92 Å². The van der Waals surface area contributed by atoms with E-state index in [1.54, 1.807) is 0 Å². The van der Waals surface area contributed by atoms with E-state index >= 15 is 0 Å². The Kier molecular flexibility index (Phi) is 2.90. The maximum atomic E-state index is 11.5. The maximum Gasteiger partial charge on any atom is 0.336 e. The lowest BCUT2D eigenvalue weighted by Gasteiger charge is -2.05. The quantitative estimate of drug-likeness (QED) is 0.611. The molecular formula is C16H16O3. The van der Waals surface area contributed by atoms with E-state index in [9.17, 15) is 4.79 Å². The van der Waals surface area contributed by atoms with Crippen molar-refractivity contribution in [1.82, 2.24) is 0 Å². The van der Waals surface area contributed by atoms with Crippen molar-refractivity contribution >= 4 is 11.0 Å². The smallest absolute Gasteiger partial charge is 0.336 e. The Balaban J connectivity index is 2.12. The highest BCUT2D eigenvalue weighted by molar-refractivity contribution is 5.85. The number of fused-ring (bicyclic) bond motifs is 3. The third-order valence-corrected chi connectivity index (χ3v) is 3.45. The van der Waals surface area contributed by atoms with Gasteiger partial charge in [-0.2, -0.15) is 0 Å². The van der Waals surface area contributed by atoms with Gasteiger partial charge in [0.15, 0.2) is 0 Å². The Labute approximate surface area is 111 Å². The Hall–Kier alpha value is -2.03. The van der Waals surface area contributed by atoms with Crippen molar-refractivity contribution in [3.63, 3.8) is 0 Å². The molecule has 1 atom stereocenters. The predicted octanol–water partition coefficient (Wildman–Crippen LogP) is 3.37. The Morgan fingerprint density at radius 1 is 1.42 bits per heavy atom. The summed E-state index contributed by atoms with van der Waals surface area (Å²) in [6, 6.07) is 5.45. The van der Waals surface area contributed by atoms with E-state index in [4.69, 9.17) is 9.15 Å². The number of hydrogen-bond donors (Lipinski definition) is 0. The summed E-state index contributed by atoms with van der Waals surface area (Å²) in [6.07, 6.45) is 5.96. The Bertz CT molecular complexity index is 710. The number of aryl methyl sites for hydroxylation is 1. The van der Waals surface area contributed by atoms with Crippen LogP contribution in [0.1, 0.15) is 24.5 Å². The number of ether oxygens (including phenoxy) is 1. The van der Waals surface area contributed by atoms with Crippen LogP contribution in [0.15, 0.2) is 39.6 Å². The van der Waals surface area contributed by atoms with Crippen molar-refractivity contribution in [2.24, 2.45) is 0 Å². The van der Waals surface area contributed by atoms with Crippen LogP contribution in [0.4, 0.5) is 0 Å². The van der Waals surface area contributed by atoms with Gasteiger partial charge in [-0.1, -0.05) is 13.0 Å². The van der Waals surface area contributed by atoms with Gasteiger partial charge >= 0.3 is 5.63 Å². The summed E-state index contributed by atoms with van der Waals surface area (Å²) in [5.74, 6) is 0.826. The number of allylic oxidation sites excluding steroid dienone is 1. The highest BCUT2D eigenvalue weighted by atomic mass is 16.5. The first-order valence-electron chi connectivity index (χ1n) is 6.58. The summed E-state index contributed by atoms with van der Waals surface area (Å²) >= 11 is 0. The van der Waals surface area contributed by atoms with Crippen LogP contribution in [0.2, 0.25) is 0 Å². The maximum absolute atomic E-state index is 11.5. The molecule has 0 saturated carbocycles. The van der Waals surface area contributed by atoms with Crippen LogP contribution in [0.25, 0.3) is 11.0 Å². The number of rotatable bonds is 2. The minimum Gasteiger partial charge on any atom is -0.486 e. The summed E-state index contributed by atoms with van der Waals surface area (Å²) in [5, 5.41) is 0.988. The van der Waals surface area contributed by atoms with E-state index in [-0.39, 0.29) is 11.7 Å². The van der Waals surface area contributed by atoms with Crippen LogP contribution >= 0.6 is 0 Å². The van der Waals surface area contributed by atoms with E-state index in [1.165, 1.54) is 6.07 Å². The molecule has 0 fully saturated rings. The molecule has 1 aliphatic heterocycles. The second-order valence-electron chi connectivity index (χ2n) is 4.86. The molecule has 3 nitrogen and oxygen atoms in total. The van der Waals surface area contributed by atoms with E-state index < -0.39 is 0 Å². The molecule has 0 bridgehead atoms. The molecule has 1 aromatic heterocycles. The van der Waals surface area contributed by atoms with Crippen molar-refractivity contribution in [2.45, 2.75) is 32.8 Å². The van der Waals surface area contributed by atoms with Crippen LogP contribution in [0.5, 0.6) is 5.75 Å². The van der Waals surface area contributed by atoms with Crippen molar-refractivity contribution in [1.29, 1.82) is 0 Å². The topological polar surface area (TPSA) is 39.4 Å². The lowest BCUT2D eigenvalue weighted by atomic mass is 10.0.